The first kappa shape index (κ1) is 18.3. The van der Waals surface area contributed by atoms with Gasteiger partial charge in [0, 0.05) is 25.2 Å². The molecule has 9 heteroatoms. The maximum atomic E-state index is 13.0. The van der Waals surface area contributed by atoms with Gasteiger partial charge >= 0.3 is 0 Å². The van der Waals surface area contributed by atoms with Crippen LogP contribution in [0.5, 0.6) is 0 Å². The number of benzene rings is 1. The SMILES string of the molecule is Cc1nc(-c2ccccc2)nc2sc3c(=O)n(CCN4CCOCC4)nnc3c12. The Morgan fingerprint density at radius 3 is 2.69 bits per heavy atom. The van der Waals surface area contributed by atoms with Gasteiger partial charge in [0.05, 0.1) is 30.8 Å². The summed E-state index contributed by atoms with van der Waals surface area (Å²) in [5.41, 5.74) is 2.23. The van der Waals surface area contributed by atoms with Gasteiger partial charge in [0.2, 0.25) is 0 Å². The highest BCUT2D eigenvalue weighted by Gasteiger charge is 2.18. The van der Waals surface area contributed by atoms with Gasteiger partial charge in [0.25, 0.3) is 5.56 Å². The molecule has 0 bridgehead atoms. The van der Waals surface area contributed by atoms with E-state index in [1.807, 2.05) is 37.3 Å². The number of aryl methyl sites for hydroxylation is 1. The van der Waals surface area contributed by atoms with Crippen molar-refractivity contribution in [3.63, 3.8) is 0 Å². The van der Waals surface area contributed by atoms with Crippen LogP contribution < -0.4 is 5.56 Å². The van der Waals surface area contributed by atoms with E-state index in [0.29, 0.717) is 22.6 Å². The van der Waals surface area contributed by atoms with Gasteiger partial charge in [0.15, 0.2) is 5.82 Å². The van der Waals surface area contributed by atoms with Crippen molar-refractivity contribution in [2.24, 2.45) is 0 Å². The number of thiophene rings is 1. The van der Waals surface area contributed by atoms with Gasteiger partial charge in [-0.1, -0.05) is 35.5 Å². The average Bonchev–Trinajstić information content (AvgIpc) is 3.15. The fourth-order valence-electron chi connectivity index (χ4n) is 3.57. The molecule has 1 aromatic carbocycles. The minimum Gasteiger partial charge on any atom is -0.379 e. The number of hydrogen-bond acceptors (Lipinski definition) is 8. The summed E-state index contributed by atoms with van der Waals surface area (Å²) in [6.07, 6.45) is 0. The fraction of sp³-hybridized carbons (Fsp3) is 0.350. The maximum Gasteiger partial charge on any atom is 0.287 e. The van der Waals surface area contributed by atoms with Crippen molar-refractivity contribution in [2.45, 2.75) is 13.5 Å². The molecule has 0 aliphatic carbocycles. The zero-order valence-corrected chi connectivity index (χ0v) is 16.9. The lowest BCUT2D eigenvalue weighted by Crippen LogP contribution is -2.39. The van der Waals surface area contributed by atoms with E-state index >= 15 is 0 Å². The van der Waals surface area contributed by atoms with Crippen LogP contribution in [0.25, 0.3) is 31.8 Å². The number of rotatable bonds is 4. The first-order chi connectivity index (χ1) is 14.2. The summed E-state index contributed by atoms with van der Waals surface area (Å²) < 4.78 is 7.41. The second-order valence-corrected chi connectivity index (χ2v) is 8.03. The van der Waals surface area contributed by atoms with Crippen molar-refractivity contribution < 1.29 is 4.74 Å². The largest absolute Gasteiger partial charge is 0.379 e. The van der Waals surface area contributed by atoms with Crippen LogP contribution in [0.2, 0.25) is 0 Å². The third-order valence-electron chi connectivity index (χ3n) is 5.15. The number of morpholine rings is 1. The van der Waals surface area contributed by atoms with Gasteiger partial charge in [-0.25, -0.2) is 14.6 Å². The lowest BCUT2D eigenvalue weighted by molar-refractivity contribution is 0.0357. The highest BCUT2D eigenvalue weighted by molar-refractivity contribution is 7.25. The van der Waals surface area contributed by atoms with Crippen LogP contribution in [-0.4, -0.2) is 62.7 Å². The molecule has 0 unspecified atom stereocenters. The smallest absolute Gasteiger partial charge is 0.287 e. The first-order valence-corrected chi connectivity index (χ1v) is 10.4. The van der Waals surface area contributed by atoms with Crippen molar-refractivity contribution in [3.05, 3.63) is 46.4 Å². The van der Waals surface area contributed by atoms with Crippen molar-refractivity contribution in [2.75, 3.05) is 32.8 Å². The van der Waals surface area contributed by atoms with Crippen molar-refractivity contribution in [3.8, 4) is 11.4 Å². The third kappa shape index (κ3) is 3.41. The van der Waals surface area contributed by atoms with Gasteiger partial charge < -0.3 is 4.74 Å². The molecule has 4 aromatic rings. The summed E-state index contributed by atoms with van der Waals surface area (Å²) in [6.45, 7) is 6.42. The van der Waals surface area contributed by atoms with Crippen LogP contribution in [0.3, 0.4) is 0 Å². The van der Waals surface area contributed by atoms with Crippen molar-refractivity contribution in [1.82, 2.24) is 29.9 Å². The van der Waals surface area contributed by atoms with Crippen LogP contribution in [0.4, 0.5) is 0 Å². The van der Waals surface area contributed by atoms with Gasteiger partial charge in [-0.2, -0.15) is 0 Å². The molecule has 1 aliphatic heterocycles. The Morgan fingerprint density at radius 1 is 1.10 bits per heavy atom. The van der Waals surface area contributed by atoms with E-state index in [-0.39, 0.29) is 5.56 Å². The highest BCUT2D eigenvalue weighted by Crippen LogP contribution is 2.32. The van der Waals surface area contributed by atoms with Gasteiger partial charge in [-0.05, 0) is 6.92 Å². The Bertz CT molecular complexity index is 1230. The molecule has 3 aromatic heterocycles. The van der Waals surface area contributed by atoms with E-state index in [1.54, 1.807) is 0 Å². The van der Waals surface area contributed by atoms with Crippen LogP contribution in [0.1, 0.15) is 5.69 Å². The van der Waals surface area contributed by atoms with E-state index in [9.17, 15) is 4.79 Å². The lowest BCUT2D eigenvalue weighted by Gasteiger charge is -2.26. The Kier molecular flexibility index (Phi) is 4.78. The van der Waals surface area contributed by atoms with Gasteiger partial charge in [0.1, 0.15) is 15.0 Å². The summed E-state index contributed by atoms with van der Waals surface area (Å²) in [7, 11) is 0. The van der Waals surface area contributed by atoms with Crippen LogP contribution >= 0.6 is 11.3 Å². The minimum absolute atomic E-state index is 0.119. The molecule has 5 rings (SSSR count). The molecule has 148 valence electrons. The van der Waals surface area contributed by atoms with Crippen LogP contribution in [0, 0.1) is 6.92 Å². The number of nitrogens with zero attached hydrogens (tertiary/aromatic N) is 6. The second kappa shape index (κ2) is 7.58. The molecule has 0 spiro atoms. The average molecular weight is 408 g/mol. The normalized spacial score (nSPS) is 15.3. The molecule has 1 saturated heterocycles. The first-order valence-electron chi connectivity index (χ1n) is 9.61. The second-order valence-electron chi connectivity index (χ2n) is 7.03. The van der Waals surface area contributed by atoms with Gasteiger partial charge in [-0.15, -0.1) is 16.4 Å². The van der Waals surface area contributed by atoms with E-state index in [2.05, 4.69) is 20.2 Å². The summed E-state index contributed by atoms with van der Waals surface area (Å²) in [5, 5.41) is 9.35. The third-order valence-corrected chi connectivity index (χ3v) is 6.21. The standard InChI is InChI=1S/C20H20N6O2S/c1-13-15-16-17(29-19(15)22-18(21-13)14-5-3-2-4-6-14)20(27)26(24-23-16)8-7-25-9-11-28-12-10-25/h2-6H,7-12H2,1H3. The molecule has 0 amide bonds. The van der Waals surface area contributed by atoms with E-state index in [1.165, 1.54) is 16.0 Å². The molecule has 0 atom stereocenters. The zero-order valence-electron chi connectivity index (χ0n) is 16.0. The Labute approximate surface area is 170 Å². The molecule has 29 heavy (non-hydrogen) atoms. The van der Waals surface area contributed by atoms with Gasteiger partial charge in [-0.3, -0.25) is 9.69 Å². The predicted molar refractivity (Wildman–Crippen MR) is 112 cm³/mol. The maximum absolute atomic E-state index is 13.0. The monoisotopic (exact) mass is 408 g/mol. The molecule has 1 aliphatic rings. The van der Waals surface area contributed by atoms with E-state index in [4.69, 9.17) is 9.72 Å². The molecular weight excluding hydrogens is 388 g/mol. The summed E-state index contributed by atoms with van der Waals surface area (Å²) in [5.74, 6) is 0.655. The van der Waals surface area contributed by atoms with E-state index < -0.39 is 0 Å². The summed E-state index contributed by atoms with van der Waals surface area (Å²) in [4.78, 5) is 25.4. The quantitative estimate of drug-likeness (QED) is 0.511. The predicted octanol–water partition coefficient (Wildman–Crippen LogP) is 2.10. The molecule has 0 N–H and O–H groups in total. The zero-order chi connectivity index (χ0) is 19.8. The molecule has 1 fully saturated rings. The molecule has 4 heterocycles. The highest BCUT2D eigenvalue weighted by atomic mass is 32.1. The molecule has 8 nitrogen and oxygen atoms in total. The fourth-order valence-corrected chi connectivity index (χ4v) is 4.68. The molecule has 0 radical (unpaired) electrons. The topological polar surface area (TPSA) is 86.0 Å². The van der Waals surface area contributed by atoms with E-state index in [0.717, 1.165) is 54.3 Å². The van der Waals surface area contributed by atoms with Crippen molar-refractivity contribution >= 4 is 31.8 Å². The summed E-state index contributed by atoms with van der Waals surface area (Å²) in [6, 6.07) is 9.84. The number of aromatic nitrogens is 5. The van der Waals surface area contributed by atoms with Crippen LogP contribution in [-0.2, 0) is 11.3 Å². The lowest BCUT2D eigenvalue weighted by atomic mass is 10.2. The molecular formula is C20H20N6O2S. The number of ether oxygens (including phenoxy) is 1. The summed E-state index contributed by atoms with van der Waals surface area (Å²) >= 11 is 1.37. The Morgan fingerprint density at radius 2 is 1.90 bits per heavy atom. The minimum atomic E-state index is -0.119. The molecule has 0 saturated carbocycles. The number of fused-ring (bicyclic) bond motifs is 3. The van der Waals surface area contributed by atoms with Crippen molar-refractivity contribution in [1.29, 1.82) is 0 Å². The van der Waals surface area contributed by atoms with Crippen LogP contribution in [0.15, 0.2) is 35.1 Å². The Balaban J connectivity index is 1.53. The number of hydrogen-bond donors (Lipinski definition) is 0. The Hall–Kier alpha value is -2.75.